The Hall–Kier alpha value is -3.55. The maximum Gasteiger partial charge on any atom is 0.258 e. The van der Waals surface area contributed by atoms with Crippen LogP contribution < -0.4 is 5.14 Å². The number of hydrogen-bond acceptors (Lipinski definition) is 3. The Balaban J connectivity index is 1.64. The molecule has 0 fully saturated rings. The van der Waals surface area contributed by atoms with Crippen LogP contribution in [0.5, 0.6) is 0 Å². The predicted molar refractivity (Wildman–Crippen MR) is 141 cm³/mol. The van der Waals surface area contributed by atoms with Crippen LogP contribution in [0.15, 0.2) is 89.3 Å². The van der Waals surface area contributed by atoms with E-state index < -0.39 is 10.0 Å². The number of amides is 1. The number of primary sulfonamides is 1. The van der Waals surface area contributed by atoms with Crippen LogP contribution in [0.25, 0.3) is 11.8 Å². The maximum absolute atomic E-state index is 13.4. The summed E-state index contributed by atoms with van der Waals surface area (Å²) in [6, 6.07) is 20.6. The van der Waals surface area contributed by atoms with Gasteiger partial charge >= 0.3 is 0 Å². The van der Waals surface area contributed by atoms with Gasteiger partial charge in [0.1, 0.15) is 5.82 Å². The van der Waals surface area contributed by atoms with Crippen LogP contribution in [0.2, 0.25) is 0 Å². The van der Waals surface area contributed by atoms with E-state index in [1.807, 2.05) is 18.2 Å². The molecule has 186 valence electrons. The summed E-state index contributed by atoms with van der Waals surface area (Å²) >= 11 is 0. The van der Waals surface area contributed by atoms with Crippen molar-refractivity contribution in [3.05, 3.63) is 113 Å². The molecule has 0 atom stereocenters. The van der Waals surface area contributed by atoms with Gasteiger partial charge in [0.2, 0.25) is 10.0 Å². The highest BCUT2D eigenvalue weighted by Gasteiger charge is 2.29. The zero-order chi connectivity index (χ0) is 26.1. The Kier molecular flexibility index (Phi) is 6.98. The summed E-state index contributed by atoms with van der Waals surface area (Å²) in [5, 5.41) is 5.19. The van der Waals surface area contributed by atoms with Gasteiger partial charge in [-0.2, -0.15) is 0 Å². The van der Waals surface area contributed by atoms with Crippen molar-refractivity contribution in [2.45, 2.75) is 37.5 Å². The lowest BCUT2D eigenvalue weighted by Crippen LogP contribution is -2.28. The highest BCUT2D eigenvalue weighted by molar-refractivity contribution is 7.89. The van der Waals surface area contributed by atoms with Crippen molar-refractivity contribution in [2.75, 3.05) is 6.54 Å². The summed E-state index contributed by atoms with van der Waals surface area (Å²) in [5.41, 5.74) is 5.04. The molecule has 1 heterocycles. The molecule has 2 N–H and O–H groups in total. The van der Waals surface area contributed by atoms with Crippen LogP contribution in [0.1, 0.15) is 43.0 Å². The van der Waals surface area contributed by atoms with Crippen molar-refractivity contribution in [1.29, 1.82) is 0 Å². The number of nitrogens with two attached hydrogens (primary N) is 1. The third kappa shape index (κ3) is 5.80. The molecular weight excluding hydrogens is 475 g/mol. The molecule has 7 heteroatoms. The van der Waals surface area contributed by atoms with E-state index in [1.165, 1.54) is 29.8 Å². The quantitative estimate of drug-likeness (QED) is 0.464. The normalized spacial score (nSPS) is 15.5. The number of carbonyl (C=O) groups excluding carboxylic acids is 1. The van der Waals surface area contributed by atoms with E-state index in [1.54, 1.807) is 35.2 Å². The Morgan fingerprint density at radius 1 is 0.917 bits per heavy atom. The van der Waals surface area contributed by atoms with E-state index in [0.717, 1.165) is 22.4 Å². The Labute approximate surface area is 211 Å². The SMILES string of the molecule is CC(C)(C)c1ccc(C2=C/C(=C\c3ccc(F)cc3)C(=O)N2CCc2ccc(S(N)(=O)=O)cc2)cc1. The van der Waals surface area contributed by atoms with Gasteiger partial charge in [0, 0.05) is 12.1 Å². The summed E-state index contributed by atoms with van der Waals surface area (Å²) in [7, 11) is -3.76. The summed E-state index contributed by atoms with van der Waals surface area (Å²) in [4.78, 5) is 15.2. The van der Waals surface area contributed by atoms with Gasteiger partial charge in [0.05, 0.1) is 10.6 Å². The van der Waals surface area contributed by atoms with E-state index in [0.29, 0.717) is 18.5 Å². The van der Waals surface area contributed by atoms with Gasteiger partial charge in [-0.25, -0.2) is 17.9 Å². The Bertz CT molecular complexity index is 1430. The minimum Gasteiger partial charge on any atom is -0.307 e. The summed E-state index contributed by atoms with van der Waals surface area (Å²) in [6.45, 7) is 6.85. The molecule has 1 amide bonds. The largest absolute Gasteiger partial charge is 0.307 e. The first kappa shape index (κ1) is 25.5. The van der Waals surface area contributed by atoms with Gasteiger partial charge in [0.15, 0.2) is 0 Å². The van der Waals surface area contributed by atoms with Gasteiger partial charge < -0.3 is 4.90 Å². The third-order valence-corrected chi connectivity index (χ3v) is 7.12. The molecule has 1 aliphatic heterocycles. The van der Waals surface area contributed by atoms with Crippen molar-refractivity contribution in [2.24, 2.45) is 5.14 Å². The average Bonchev–Trinajstić information content (AvgIpc) is 3.13. The molecule has 3 aromatic carbocycles. The minimum absolute atomic E-state index is 0.00884. The zero-order valence-corrected chi connectivity index (χ0v) is 21.3. The predicted octanol–water partition coefficient (Wildman–Crippen LogP) is 5.28. The fourth-order valence-corrected chi connectivity index (χ4v) is 4.60. The third-order valence-electron chi connectivity index (χ3n) is 6.19. The van der Waals surface area contributed by atoms with Crippen molar-refractivity contribution in [3.8, 4) is 0 Å². The second-order valence-electron chi connectivity index (χ2n) is 9.90. The summed E-state index contributed by atoms with van der Waals surface area (Å²) < 4.78 is 36.4. The lowest BCUT2D eigenvalue weighted by atomic mass is 9.86. The number of halogens is 1. The Morgan fingerprint density at radius 2 is 1.53 bits per heavy atom. The highest BCUT2D eigenvalue weighted by Crippen LogP contribution is 2.32. The molecule has 3 aromatic rings. The molecule has 0 radical (unpaired) electrons. The average molecular weight is 505 g/mol. The molecule has 0 aliphatic carbocycles. The van der Waals surface area contributed by atoms with Crippen molar-refractivity contribution < 1.29 is 17.6 Å². The number of carbonyl (C=O) groups is 1. The number of nitrogens with zero attached hydrogens (tertiary/aromatic N) is 1. The molecule has 36 heavy (non-hydrogen) atoms. The van der Waals surface area contributed by atoms with Gasteiger partial charge in [-0.1, -0.05) is 69.3 Å². The molecule has 1 aliphatic rings. The van der Waals surface area contributed by atoms with Gasteiger partial charge in [-0.05, 0) is 70.5 Å². The number of hydrogen-bond donors (Lipinski definition) is 1. The first-order valence-corrected chi connectivity index (χ1v) is 13.2. The maximum atomic E-state index is 13.4. The molecular formula is C29H29FN2O3S. The first-order valence-electron chi connectivity index (χ1n) is 11.7. The Morgan fingerprint density at radius 3 is 2.08 bits per heavy atom. The molecule has 0 saturated heterocycles. The van der Waals surface area contributed by atoms with Crippen LogP contribution in [-0.4, -0.2) is 25.8 Å². The molecule has 0 unspecified atom stereocenters. The highest BCUT2D eigenvalue weighted by atomic mass is 32.2. The smallest absolute Gasteiger partial charge is 0.258 e. The molecule has 0 spiro atoms. The van der Waals surface area contributed by atoms with E-state index >= 15 is 0 Å². The van der Waals surface area contributed by atoms with E-state index in [-0.39, 0.29) is 22.0 Å². The van der Waals surface area contributed by atoms with Crippen LogP contribution in [0.3, 0.4) is 0 Å². The zero-order valence-electron chi connectivity index (χ0n) is 20.5. The fourth-order valence-electron chi connectivity index (χ4n) is 4.08. The van der Waals surface area contributed by atoms with E-state index in [2.05, 4.69) is 32.9 Å². The van der Waals surface area contributed by atoms with Crippen LogP contribution in [-0.2, 0) is 26.7 Å². The van der Waals surface area contributed by atoms with Crippen LogP contribution >= 0.6 is 0 Å². The standard InChI is InChI=1S/C29H29FN2O3S/c1-29(2,3)24-10-8-22(9-11-24)27-19-23(18-21-4-12-25(30)13-5-21)28(33)32(27)17-16-20-6-14-26(15-7-20)36(31,34)35/h4-15,18-19H,16-17H2,1-3H3,(H2,31,34,35)/b23-18+. The molecule has 0 saturated carbocycles. The second kappa shape index (κ2) is 9.84. The van der Waals surface area contributed by atoms with Crippen molar-refractivity contribution >= 4 is 27.7 Å². The molecule has 0 aromatic heterocycles. The number of rotatable bonds is 6. The number of benzene rings is 3. The van der Waals surface area contributed by atoms with Gasteiger partial charge in [-0.15, -0.1) is 0 Å². The fraction of sp³-hybridized carbons (Fsp3) is 0.207. The topological polar surface area (TPSA) is 80.5 Å². The summed E-state index contributed by atoms with van der Waals surface area (Å²) in [6.07, 6.45) is 4.14. The first-order chi connectivity index (χ1) is 16.9. The van der Waals surface area contributed by atoms with Gasteiger partial charge in [0.25, 0.3) is 5.91 Å². The van der Waals surface area contributed by atoms with Crippen molar-refractivity contribution in [3.63, 3.8) is 0 Å². The molecule has 4 rings (SSSR count). The molecule has 5 nitrogen and oxygen atoms in total. The van der Waals surface area contributed by atoms with Crippen LogP contribution in [0, 0.1) is 5.82 Å². The van der Waals surface area contributed by atoms with E-state index in [4.69, 9.17) is 5.14 Å². The molecule has 0 bridgehead atoms. The number of sulfonamides is 1. The minimum atomic E-state index is -3.76. The van der Waals surface area contributed by atoms with E-state index in [9.17, 15) is 17.6 Å². The van der Waals surface area contributed by atoms with Gasteiger partial charge in [-0.3, -0.25) is 4.79 Å². The summed E-state index contributed by atoms with van der Waals surface area (Å²) in [5.74, 6) is -0.476. The monoisotopic (exact) mass is 504 g/mol. The van der Waals surface area contributed by atoms with Crippen molar-refractivity contribution in [1.82, 2.24) is 4.90 Å². The lowest BCUT2D eigenvalue weighted by Gasteiger charge is -2.23. The lowest BCUT2D eigenvalue weighted by molar-refractivity contribution is -0.122. The second-order valence-corrected chi connectivity index (χ2v) is 11.5. The van der Waals surface area contributed by atoms with Crippen LogP contribution in [0.4, 0.5) is 4.39 Å².